The van der Waals surface area contributed by atoms with E-state index in [4.69, 9.17) is 36.4 Å². The molecule has 0 aliphatic carbocycles. The highest BCUT2D eigenvalue weighted by atomic mass is 35.5. The number of hydrogen-bond acceptors (Lipinski definition) is 8. The number of halogens is 1. The van der Waals surface area contributed by atoms with Crippen LogP contribution in [-0.4, -0.2) is 75.1 Å². The van der Waals surface area contributed by atoms with Crippen molar-refractivity contribution in [2.75, 3.05) is 6.54 Å². The maximum atomic E-state index is 10.3. The minimum Gasteiger partial charge on any atom is -0.481 e. The van der Waals surface area contributed by atoms with E-state index in [1.165, 1.54) is 0 Å². The Morgan fingerprint density at radius 3 is 2.29 bits per heavy atom. The molecule has 0 amide bonds. The van der Waals surface area contributed by atoms with Crippen LogP contribution in [0.2, 0.25) is 5.02 Å². The second-order valence-corrected chi connectivity index (χ2v) is 10.1. The van der Waals surface area contributed by atoms with E-state index < -0.39 is 36.4 Å². The number of hydrogen-bond donors (Lipinski definition) is 5. The molecule has 13 nitrogen and oxygen atoms in total. The molecule has 0 spiro atoms. The summed E-state index contributed by atoms with van der Waals surface area (Å²) in [5.74, 6) is -3.11. The molecule has 0 unspecified atom stereocenters. The number of carboxylic acids is 3. The standard InChI is InChI=1S/C22H24ClN5O.C6H8O7/c1-17-3-8-21(29-17)15-28(11-2-10-27-12-9-24-16-27)14-19-13-25-26-22(19)18-4-6-20(23)7-5-18;7-3(8)1-6(13,5(11)12)2-4(9)10/h3-9,12-13,16H,2,10-11,14-15H2,1H3,(H,25,26);13H,1-2H2,(H,7,8)(H,9,10)(H,11,12). The highest BCUT2D eigenvalue weighted by Crippen LogP contribution is 2.25. The van der Waals surface area contributed by atoms with Crippen molar-refractivity contribution in [3.8, 4) is 11.3 Å². The van der Waals surface area contributed by atoms with Gasteiger partial charge in [-0.15, -0.1) is 0 Å². The van der Waals surface area contributed by atoms with Gasteiger partial charge >= 0.3 is 17.9 Å². The normalized spacial score (nSPS) is 11.2. The lowest BCUT2D eigenvalue weighted by Gasteiger charge is -2.21. The Kier molecular flexibility index (Phi) is 11.4. The molecular formula is C28H32ClN5O8. The predicted molar refractivity (Wildman–Crippen MR) is 151 cm³/mol. The first-order valence-corrected chi connectivity index (χ1v) is 13.2. The summed E-state index contributed by atoms with van der Waals surface area (Å²) in [4.78, 5) is 37.0. The third-order valence-electron chi connectivity index (χ3n) is 6.16. The van der Waals surface area contributed by atoms with Gasteiger partial charge in [-0.05, 0) is 43.2 Å². The summed E-state index contributed by atoms with van der Waals surface area (Å²) < 4.78 is 7.92. The van der Waals surface area contributed by atoms with Crippen LogP contribution in [0.5, 0.6) is 0 Å². The van der Waals surface area contributed by atoms with E-state index in [1.54, 1.807) is 0 Å². The van der Waals surface area contributed by atoms with Gasteiger partial charge in [-0.25, -0.2) is 9.78 Å². The Morgan fingerprint density at radius 2 is 1.74 bits per heavy atom. The molecule has 224 valence electrons. The van der Waals surface area contributed by atoms with Crippen LogP contribution < -0.4 is 0 Å². The van der Waals surface area contributed by atoms with Gasteiger partial charge < -0.3 is 29.4 Å². The number of benzene rings is 1. The van der Waals surface area contributed by atoms with Gasteiger partial charge in [-0.2, -0.15) is 5.10 Å². The predicted octanol–water partition coefficient (Wildman–Crippen LogP) is 3.67. The van der Waals surface area contributed by atoms with Gasteiger partial charge in [-0.3, -0.25) is 19.6 Å². The summed E-state index contributed by atoms with van der Waals surface area (Å²) >= 11 is 6.04. The molecule has 0 aliphatic rings. The van der Waals surface area contributed by atoms with Gasteiger partial charge in [0.05, 0.1) is 37.6 Å². The van der Waals surface area contributed by atoms with Gasteiger partial charge in [0.25, 0.3) is 0 Å². The third kappa shape index (κ3) is 9.87. The van der Waals surface area contributed by atoms with Crippen molar-refractivity contribution in [3.63, 3.8) is 0 Å². The van der Waals surface area contributed by atoms with Gasteiger partial charge in [0.1, 0.15) is 11.5 Å². The van der Waals surface area contributed by atoms with Crippen LogP contribution in [0, 0.1) is 6.92 Å². The largest absolute Gasteiger partial charge is 0.481 e. The minimum absolute atomic E-state index is 0.726. The molecule has 0 atom stereocenters. The Labute approximate surface area is 246 Å². The van der Waals surface area contributed by atoms with Crippen LogP contribution in [0.3, 0.4) is 0 Å². The zero-order valence-corrected chi connectivity index (χ0v) is 23.6. The van der Waals surface area contributed by atoms with Crippen LogP contribution in [0.1, 0.15) is 36.3 Å². The van der Waals surface area contributed by atoms with Crippen LogP contribution in [-0.2, 0) is 34.0 Å². The minimum atomic E-state index is -2.74. The fourth-order valence-corrected chi connectivity index (χ4v) is 4.28. The number of nitrogens with zero attached hydrogens (tertiary/aromatic N) is 4. The zero-order valence-electron chi connectivity index (χ0n) is 22.8. The topological polar surface area (TPSA) is 195 Å². The van der Waals surface area contributed by atoms with E-state index in [0.29, 0.717) is 0 Å². The van der Waals surface area contributed by atoms with Crippen LogP contribution >= 0.6 is 11.6 Å². The molecule has 42 heavy (non-hydrogen) atoms. The molecule has 0 aliphatic heterocycles. The van der Waals surface area contributed by atoms with E-state index in [1.807, 2.05) is 68.2 Å². The van der Waals surface area contributed by atoms with Crippen molar-refractivity contribution < 1.29 is 39.2 Å². The number of aryl methyl sites for hydroxylation is 2. The van der Waals surface area contributed by atoms with Gasteiger partial charge in [0.15, 0.2) is 5.60 Å². The summed E-state index contributed by atoms with van der Waals surface area (Å²) in [6.45, 7) is 5.37. The number of aliphatic carboxylic acids is 3. The van der Waals surface area contributed by atoms with Gasteiger partial charge in [-0.1, -0.05) is 23.7 Å². The summed E-state index contributed by atoms with van der Waals surface area (Å²) in [5.41, 5.74) is 0.516. The average molecular weight is 602 g/mol. The van der Waals surface area contributed by atoms with Gasteiger partial charge in [0, 0.05) is 42.6 Å². The first-order chi connectivity index (χ1) is 19.9. The number of carboxylic acid groups (broad SMARTS) is 3. The Balaban J connectivity index is 0.000000316. The third-order valence-corrected chi connectivity index (χ3v) is 6.41. The molecule has 3 heterocycles. The quantitative estimate of drug-likeness (QED) is 0.141. The highest BCUT2D eigenvalue weighted by molar-refractivity contribution is 6.30. The molecule has 4 rings (SSSR count). The van der Waals surface area contributed by atoms with Crippen molar-refractivity contribution in [3.05, 3.63) is 83.4 Å². The zero-order chi connectivity index (χ0) is 30.7. The number of rotatable bonds is 14. The smallest absolute Gasteiger partial charge is 0.336 e. The summed E-state index contributed by atoms with van der Waals surface area (Å²) in [6, 6.07) is 11.9. The number of imidazole rings is 1. The fraction of sp³-hybridized carbons (Fsp3) is 0.321. The maximum Gasteiger partial charge on any atom is 0.336 e. The fourth-order valence-electron chi connectivity index (χ4n) is 4.15. The number of H-pyrrole nitrogens is 1. The lowest BCUT2D eigenvalue weighted by molar-refractivity contribution is -0.170. The molecule has 0 radical (unpaired) electrons. The van der Waals surface area contributed by atoms with Crippen molar-refractivity contribution >= 4 is 29.5 Å². The molecule has 0 saturated heterocycles. The summed E-state index contributed by atoms with van der Waals surface area (Å²) in [5, 5.41) is 42.0. The average Bonchev–Trinajstić information content (AvgIpc) is 3.67. The van der Waals surface area contributed by atoms with Gasteiger partial charge in [0.2, 0.25) is 0 Å². The van der Waals surface area contributed by atoms with Crippen LogP contribution in [0.25, 0.3) is 11.3 Å². The molecule has 14 heteroatoms. The first kappa shape index (κ1) is 32.1. The van der Waals surface area contributed by atoms with E-state index >= 15 is 0 Å². The van der Waals surface area contributed by atoms with Crippen LogP contribution in [0.15, 0.2) is 65.7 Å². The second-order valence-electron chi connectivity index (χ2n) is 9.63. The lowest BCUT2D eigenvalue weighted by atomic mass is 9.96. The molecular weight excluding hydrogens is 570 g/mol. The monoisotopic (exact) mass is 601 g/mol. The second kappa shape index (κ2) is 15.0. The molecule has 0 fully saturated rings. The number of furan rings is 1. The number of nitrogens with one attached hydrogen (secondary N) is 1. The molecule has 0 bridgehead atoms. The van der Waals surface area contributed by atoms with Crippen LogP contribution in [0.4, 0.5) is 0 Å². The molecule has 5 N–H and O–H groups in total. The number of carbonyl (C=O) groups is 3. The number of aliphatic hydroxyl groups is 1. The van der Waals surface area contributed by atoms with Crippen molar-refractivity contribution in [1.29, 1.82) is 0 Å². The van der Waals surface area contributed by atoms with E-state index in [0.717, 1.165) is 66.0 Å². The summed E-state index contributed by atoms with van der Waals surface area (Å²) in [7, 11) is 0. The Morgan fingerprint density at radius 1 is 1.05 bits per heavy atom. The number of aromatic amines is 1. The molecule has 3 aromatic heterocycles. The Bertz CT molecular complexity index is 1430. The molecule has 1 aromatic carbocycles. The maximum absolute atomic E-state index is 10.3. The SMILES string of the molecule is Cc1ccc(CN(CCCn2ccnc2)Cc2cn[nH]c2-c2ccc(Cl)cc2)o1.O=C(O)CC(O)(CC(=O)O)C(=O)O. The van der Waals surface area contributed by atoms with E-state index in [-0.39, 0.29) is 0 Å². The molecule has 0 saturated carbocycles. The van der Waals surface area contributed by atoms with Crippen molar-refractivity contribution in [1.82, 2.24) is 24.6 Å². The summed E-state index contributed by atoms with van der Waals surface area (Å²) in [6.07, 6.45) is 6.30. The Hall–Kier alpha value is -4.46. The van der Waals surface area contributed by atoms with Crippen molar-refractivity contribution in [2.24, 2.45) is 0 Å². The molecule has 4 aromatic rings. The van der Waals surface area contributed by atoms with E-state index in [9.17, 15) is 14.4 Å². The first-order valence-electron chi connectivity index (χ1n) is 12.9. The van der Waals surface area contributed by atoms with Crippen molar-refractivity contribution in [2.45, 2.75) is 51.4 Å². The lowest BCUT2D eigenvalue weighted by Crippen LogP contribution is -2.42. The number of aromatic nitrogens is 4. The van der Waals surface area contributed by atoms with E-state index in [2.05, 4.69) is 24.6 Å². The highest BCUT2D eigenvalue weighted by Gasteiger charge is 2.40.